The zero-order valence-corrected chi connectivity index (χ0v) is 16.0. The van der Waals surface area contributed by atoms with Gasteiger partial charge in [-0.1, -0.05) is 37.1 Å². The summed E-state index contributed by atoms with van der Waals surface area (Å²) < 4.78 is 10.7. The second-order valence-corrected chi connectivity index (χ2v) is 7.67. The summed E-state index contributed by atoms with van der Waals surface area (Å²) in [6, 6.07) is 8.37. The fourth-order valence-corrected chi connectivity index (χ4v) is 4.05. The molecule has 1 amide bonds. The zero-order chi connectivity index (χ0) is 18.2. The molecule has 2 aliphatic rings. The smallest absolute Gasteiger partial charge is 0.409 e. The minimum Gasteiger partial charge on any atom is -0.497 e. The van der Waals surface area contributed by atoms with Gasteiger partial charge in [-0.2, -0.15) is 0 Å². The Hall–Kier alpha value is -1.65. The zero-order valence-electron chi connectivity index (χ0n) is 16.0. The SMILES string of the molecule is COc1ccc(CC[B]C2CCC(COC(=O)N3CCCC3)CC2)cc1. The lowest BCUT2D eigenvalue weighted by atomic mass is 9.55. The van der Waals surface area contributed by atoms with Crippen molar-refractivity contribution in [2.75, 3.05) is 26.8 Å². The van der Waals surface area contributed by atoms with Crippen molar-refractivity contribution in [1.82, 2.24) is 4.90 Å². The third-order valence-corrected chi connectivity index (χ3v) is 5.79. The molecule has 1 radical (unpaired) electrons. The number of methoxy groups -OCH3 is 1. The second-order valence-electron chi connectivity index (χ2n) is 7.67. The van der Waals surface area contributed by atoms with Gasteiger partial charge in [-0.3, -0.25) is 0 Å². The van der Waals surface area contributed by atoms with E-state index in [1.54, 1.807) is 7.11 Å². The van der Waals surface area contributed by atoms with Crippen LogP contribution in [0.1, 0.15) is 44.1 Å². The van der Waals surface area contributed by atoms with E-state index in [1.165, 1.54) is 31.2 Å². The minimum absolute atomic E-state index is 0.101. The highest BCUT2D eigenvalue weighted by molar-refractivity contribution is 6.37. The topological polar surface area (TPSA) is 38.8 Å². The summed E-state index contributed by atoms with van der Waals surface area (Å²) in [4.78, 5) is 13.8. The van der Waals surface area contributed by atoms with Gasteiger partial charge in [0, 0.05) is 13.1 Å². The molecule has 2 fully saturated rings. The summed E-state index contributed by atoms with van der Waals surface area (Å²) >= 11 is 0. The van der Waals surface area contributed by atoms with Gasteiger partial charge in [0.25, 0.3) is 0 Å². The Morgan fingerprint density at radius 2 is 1.81 bits per heavy atom. The average molecular weight is 356 g/mol. The third-order valence-electron chi connectivity index (χ3n) is 5.79. The lowest BCUT2D eigenvalue weighted by Gasteiger charge is -2.28. The molecule has 26 heavy (non-hydrogen) atoms. The van der Waals surface area contributed by atoms with Crippen LogP contribution in [0.2, 0.25) is 12.1 Å². The van der Waals surface area contributed by atoms with E-state index < -0.39 is 0 Å². The molecular weight excluding hydrogens is 325 g/mol. The van der Waals surface area contributed by atoms with Gasteiger partial charge < -0.3 is 14.4 Å². The van der Waals surface area contributed by atoms with Crippen LogP contribution in [0.25, 0.3) is 0 Å². The summed E-state index contributed by atoms with van der Waals surface area (Å²) in [5.41, 5.74) is 1.37. The largest absolute Gasteiger partial charge is 0.497 e. The normalized spacial score (nSPS) is 22.9. The number of hydrogen-bond acceptors (Lipinski definition) is 3. The van der Waals surface area contributed by atoms with Crippen molar-refractivity contribution < 1.29 is 14.3 Å². The summed E-state index contributed by atoms with van der Waals surface area (Å²) in [6.07, 6.45) is 9.18. The summed E-state index contributed by atoms with van der Waals surface area (Å²) in [6.45, 7) is 2.34. The molecule has 1 aliphatic carbocycles. The van der Waals surface area contributed by atoms with E-state index >= 15 is 0 Å². The standard InChI is InChI=1S/C21H31BNO3/c1-25-20-10-6-17(7-11-20)12-13-22-19-8-4-18(5-9-19)16-26-21(24)23-14-2-3-15-23/h6-7,10-11,18-19H,2-5,8-9,12-16H2,1H3. The van der Waals surface area contributed by atoms with Gasteiger partial charge in [0.1, 0.15) is 13.0 Å². The maximum Gasteiger partial charge on any atom is 0.409 e. The molecule has 1 aliphatic heterocycles. The molecule has 1 saturated carbocycles. The van der Waals surface area contributed by atoms with Crippen LogP contribution in [0, 0.1) is 5.92 Å². The molecule has 141 valence electrons. The molecule has 4 nitrogen and oxygen atoms in total. The maximum absolute atomic E-state index is 12.0. The first kappa shape index (κ1) is 19.1. The van der Waals surface area contributed by atoms with Crippen molar-refractivity contribution in [3.8, 4) is 5.75 Å². The Balaban J connectivity index is 1.28. The molecule has 0 aromatic heterocycles. The second kappa shape index (κ2) is 9.89. The Morgan fingerprint density at radius 1 is 1.12 bits per heavy atom. The first-order chi connectivity index (χ1) is 12.7. The molecule has 5 heteroatoms. The van der Waals surface area contributed by atoms with Crippen LogP contribution in [0.5, 0.6) is 5.75 Å². The molecule has 1 aromatic carbocycles. The quantitative estimate of drug-likeness (QED) is 0.672. The minimum atomic E-state index is -0.101. The predicted molar refractivity (Wildman–Crippen MR) is 105 cm³/mol. The Morgan fingerprint density at radius 3 is 2.46 bits per heavy atom. The highest BCUT2D eigenvalue weighted by Gasteiger charge is 2.24. The van der Waals surface area contributed by atoms with Gasteiger partial charge in [0.2, 0.25) is 0 Å². The fourth-order valence-electron chi connectivity index (χ4n) is 4.05. The van der Waals surface area contributed by atoms with E-state index in [-0.39, 0.29) is 6.09 Å². The van der Waals surface area contributed by atoms with Crippen molar-refractivity contribution in [2.45, 2.75) is 57.1 Å². The van der Waals surface area contributed by atoms with E-state index in [9.17, 15) is 4.79 Å². The van der Waals surface area contributed by atoms with Crippen molar-refractivity contribution >= 4 is 13.4 Å². The Labute approximate surface area is 158 Å². The number of hydrogen-bond donors (Lipinski definition) is 0. The Kier molecular flexibility index (Phi) is 7.27. The van der Waals surface area contributed by atoms with Gasteiger partial charge >= 0.3 is 6.09 Å². The van der Waals surface area contributed by atoms with Crippen molar-refractivity contribution in [2.24, 2.45) is 5.92 Å². The van der Waals surface area contributed by atoms with Crippen LogP contribution >= 0.6 is 0 Å². The molecule has 0 unspecified atom stereocenters. The van der Waals surface area contributed by atoms with Crippen LogP contribution in [0.15, 0.2) is 24.3 Å². The highest BCUT2D eigenvalue weighted by atomic mass is 16.6. The number of rotatable bonds is 7. The monoisotopic (exact) mass is 356 g/mol. The number of ether oxygens (including phenoxy) is 2. The molecule has 1 heterocycles. The van der Waals surface area contributed by atoms with Gasteiger partial charge in [0.15, 0.2) is 0 Å². The maximum atomic E-state index is 12.0. The van der Waals surface area contributed by atoms with Crippen LogP contribution in [-0.4, -0.2) is 45.1 Å². The summed E-state index contributed by atoms with van der Waals surface area (Å²) in [7, 11) is 4.20. The van der Waals surface area contributed by atoms with E-state index in [4.69, 9.17) is 9.47 Å². The van der Waals surface area contributed by atoms with Crippen molar-refractivity contribution in [1.29, 1.82) is 0 Å². The van der Waals surface area contributed by atoms with E-state index in [2.05, 4.69) is 19.4 Å². The number of nitrogens with zero attached hydrogens (tertiary/aromatic N) is 1. The number of aryl methyl sites for hydroxylation is 1. The van der Waals surface area contributed by atoms with E-state index in [0.29, 0.717) is 12.5 Å². The van der Waals surface area contributed by atoms with Gasteiger partial charge in [-0.15, -0.1) is 0 Å². The van der Waals surface area contributed by atoms with Crippen molar-refractivity contribution in [3.05, 3.63) is 29.8 Å². The van der Waals surface area contributed by atoms with E-state index in [0.717, 1.165) is 50.2 Å². The molecular formula is C21H31BNO3. The number of benzene rings is 1. The lowest BCUT2D eigenvalue weighted by Crippen LogP contribution is -2.30. The first-order valence-corrected chi connectivity index (χ1v) is 10.1. The van der Waals surface area contributed by atoms with E-state index in [1.807, 2.05) is 17.0 Å². The van der Waals surface area contributed by atoms with Gasteiger partial charge in [0.05, 0.1) is 13.7 Å². The molecule has 1 saturated heterocycles. The number of amides is 1. The molecule has 0 bridgehead atoms. The molecule has 0 N–H and O–H groups in total. The fraction of sp³-hybridized carbons (Fsp3) is 0.667. The van der Waals surface area contributed by atoms with Crippen LogP contribution in [0.4, 0.5) is 4.79 Å². The van der Waals surface area contributed by atoms with Crippen molar-refractivity contribution in [3.63, 3.8) is 0 Å². The average Bonchev–Trinajstić information content (AvgIpc) is 3.22. The summed E-state index contributed by atoms with van der Waals surface area (Å²) in [5, 5.41) is 0. The number of carbonyl (C=O) groups excluding carboxylic acids is 1. The predicted octanol–water partition coefficient (Wildman–Crippen LogP) is 4.57. The van der Waals surface area contributed by atoms with Gasteiger partial charge in [-0.25, -0.2) is 4.79 Å². The van der Waals surface area contributed by atoms with Crippen LogP contribution in [-0.2, 0) is 11.2 Å². The number of carbonyl (C=O) groups is 1. The van der Waals surface area contributed by atoms with Crippen LogP contribution < -0.4 is 4.74 Å². The highest BCUT2D eigenvalue weighted by Crippen LogP contribution is 2.33. The van der Waals surface area contributed by atoms with Gasteiger partial charge in [-0.05, 0) is 55.7 Å². The summed E-state index contributed by atoms with van der Waals surface area (Å²) in [5.74, 6) is 2.19. The molecule has 3 rings (SSSR count). The molecule has 0 atom stereocenters. The third kappa shape index (κ3) is 5.68. The van der Waals surface area contributed by atoms with Crippen LogP contribution in [0.3, 0.4) is 0 Å². The first-order valence-electron chi connectivity index (χ1n) is 10.1. The Bertz CT molecular complexity index is 549. The lowest BCUT2D eigenvalue weighted by molar-refractivity contribution is 0.0868. The molecule has 1 aromatic rings. The number of likely N-dealkylation sites (tertiary alicyclic amines) is 1. The molecule has 0 spiro atoms.